The fourth-order valence-electron chi connectivity index (χ4n) is 0.967. The van der Waals surface area contributed by atoms with Crippen molar-refractivity contribution in [2.75, 3.05) is 0 Å². The monoisotopic (exact) mass is 196 g/mol. The van der Waals surface area contributed by atoms with Gasteiger partial charge in [-0.15, -0.1) is 0 Å². The van der Waals surface area contributed by atoms with Crippen LogP contribution in [0.3, 0.4) is 0 Å². The van der Waals surface area contributed by atoms with E-state index in [9.17, 15) is 4.79 Å². The molecule has 0 saturated carbocycles. The lowest BCUT2D eigenvalue weighted by Crippen LogP contribution is -2.06. The minimum atomic E-state index is -0.377. The first-order chi connectivity index (χ1) is 6.54. The smallest absolute Gasteiger partial charge is 0.310 e. The zero-order valence-electron chi connectivity index (χ0n) is 8.07. The van der Waals surface area contributed by atoms with Gasteiger partial charge in [-0.05, 0) is 18.6 Å². The maximum atomic E-state index is 11.0. The highest BCUT2D eigenvalue weighted by atomic mass is 16.5. The number of carbonyl (C=O) groups excluding carboxylic acids is 1. The van der Waals surface area contributed by atoms with Crippen LogP contribution in [0.5, 0.6) is 17.2 Å². The normalized spacial score (nSPS) is 9.86. The largest absolute Gasteiger partial charge is 0.504 e. The fraction of sp³-hybridized carbons (Fsp3) is 0.300. The Balaban J connectivity index is 2.98. The van der Waals surface area contributed by atoms with Crippen molar-refractivity contribution in [1.82, 2.24) is 0 Å². The SMILES string of the molecule is CCC(=O)Oc1cc(O)c(O)cc1C. The Labute approximate surface area is 81.8 Å². The first-order valence-corrected chi connectivity index (χ1v) is 4.27. The molecular weight excluding hydrogens is 184 g/mol. The number of aromatic hydroxyl groups is 2. The van der Waals surface area contributed by atoms with Gasteiger partial charge in [-0.1, -0.05) is 6.92 Å². The lowest BCUT2D eigenvalue weighted by atomic mass is 10.2. The highest BCUT2D eigenvalue weighted by Gasteiger charge is 2.09. The zero-order valence-corrected chi connectivity index (χ0v) is 8.07. The van der Waals surface area contributed by atoms with Gasteiger partial charge >= 0.3 is 5.97 Å². The zero-order chi connectivity index (χ0) is 10.7. The summed E-state index contributed by atoms with van der Waals surface area (Å²) < 4.78 is 4.92. The number of phenols is 2. The summed E-state index contributed by atoms with van der Waals surface area (Å²) >= 11 is 0. The van der Waals surface area contributed by atoms with E-state index in [4.69, 9.17) is 14.9 Å². The van der Waals surface area contributed by atoms with Crippen LogP contribution >= 0.6 is 0 Å². The van der Waals surface area contributed by atoms with Gasteiger partial charge in [-0.2, -0.15) is 0 Å². The minimum absolute atomic E-state index is 0.223. The third-order valence-electron chi connectivity index (χ3n) is 1.78. The molecule has 0 fully saturated rings. The summed E-state index contributed by atoms with van der Waals surface area (Å²) in [6.45, 7) is 3.36. The predicted molar refractivity (Wildman–Crippen MR) is 50.4 cm³/mol. The summed E-state index contributed by atoms with van der Waals surface area (Å²) in [7, 11) is 0. The van der Waals surface area contributed by atoms with E-state index >= 15 is 0 Å². The predicted octanol–water partition coefficient (Wildman–Crippen LogP) is 1.72. The Morgan fingerprint density at radius 2 is 1.93 bits per heavy atom. The molecule has 14 heavy (non-hydrogen) atoms. The van der Waals surface area contributed by atoms with Crippen LogP contribution in [0.2, 0.25) is 0 Å². The van der Waals surface area contributed by atoms with Crippen molar-refractivity contribution < 1.29 is 19.7 Å². The van der Waals surface area contributed by atoms with Crippen molar-refractivity contribution >= 4 is 5.97 Å². The van der Waals surface area contributed by atoms with Crippen LogP contribution in [0.15, 0.2) is 12.1 Å². The molecule has 76 valence electrons. The lowest BCUT2D eigenvalue weighted by Gasteiger charge is -2.07. The minimum Gasteiger partial charge on any atom is -0.504 e. The Bertz CT molecular complexity index is 357. The van der Waals surface area contributed by atoms with Crippen LogP contribution in [-0.4, -0.2) is 16.2 Å². The number of carbonyl (C=O) groups is 1. The highest BCUT2D eigenvalue weighted by molar-refractivity contribution is 5.72. The second kappa shape index (κ2) is 4.00. The molecule has 0 aromatic heterocycles. The van der Waals surface area contributed by atoms with Crippen molar-refractivity contribution in [2.45, 2.75) is 20.3 Å². The van der Waals surface area contributed by atoms with Crippen LogP contribution in [-0.2, 0) is 4.79 Å². The van der Waals surface area contributed by atoms with E-state index in [1.807, 2.05) is 0 Å². The molecule has 0 radical (unpaired) electrons. The van der Waals surface area contributed by atoms with E-state index in [1.165, 1.54) is 12.1 Å². The molecule has 0 heterocycles. The molecule has 0 spiro atoms. The third kappa shape index (κ3) is 2.16. The molecule has 0 bridgehead atoms. The Hall–Kier alpha value is -1.71. The maximum absolute atomic E-state index is 11.0. The number of rotatable bonds is 2. The van der Waals surface area contributed by atoms with E-state index in [-0.39, 0.29) is 29.6 Å². The van der Waals surface area contributed by atoms with Gasteiger partial charge in [0.2, 0.25) is 0 Å². The second-order valence-corrected chi connectivity index (χ2v) is 2.93. The van der Waals surface area contributed by atoms with Crippen molar-refractivity contribution in [3.8, 4) is 17.2 Å². The topological polar surface area (TPSA) is 66.8 Å². The highest BCUT2D eigenvalue weighted by Crippen LogP contribution is 2.32. The standard InChI is InChI=1S/C10H12O4/c1-3-10(13)14-9-5-8(12)7(11)4-6(9)2/h4-5,11-12H,3H2,1-2H3. The summed E-state index contributed by atoms with van der Waals surface area (Å²) in [5.74, 6) is -0.626. The number of ether oxygens (including phenoxy) is 1. The number of hydrogen-bond donors (Lipinski definition) is 2. The molecule has 0 unspecified atom stereocenters. The summed E-state index contributed by atoms with van der Waals surface area (Å²) in [5, 5.41) is 18.3. The lowest BCUT2D eigenvalue weighted by molar-refractivity contribution is -0.134. The first-order valence-electron chi connectivity index (χ1n) is 4.27. The Morgan fingerprint density at radius 1 is 1.36 bits per heavy atom. The van der Waals surface area contributed by atoms with Crippen molar-refractivity contribution in [3.05, 3.63) is 17.7 Å². The number of hydrogen-bond acceptors (Lipinski definition) is 4. The first kappa shape index (κ1) is 10.4. The van der Waals surface area contributed by atoms with Gasteiger partial charge in [0.25, 0.3) is 0 Å². The van der Waals surface area contributed by atoms with Gasteiger partial charge in [0.15, 0.2) is 11.5 Å². The average molecular weight is 196 g/mol. The van der Waals surface area contributed by atoms with Crippen LogP contribution in [0, 0.1) is 6.92 Å². The molecule has 2 N–H and O–H groups in total. The molecule has 1 aromatic rings. The summed E-state index contributed by atoms with van der Waals surface area (Å²) in [6, 6.07) is 2.56. The van der Waals surface area contributed by atoms with Gasteiger partial charge in [0, 0.05) is 12.5 Å². The number of benzene rings is 1. The van der Waals surface area contributed by atoms with E-state index in [0.717, 1.165) is 0 Å². The molecule has 0 amide bonds. The van der Waals surface area contributed by atoms with Crippen LogP contribution in [0.4, 0.5) is 0 Å². The van der Waals surface area contributed by atoms with E-state index in [0.29, 0.717) is 5.56 Å². The van der Waals surface area contributed by atoms with Crippen LogP contribution in [0.25, 0.3) is 0 Å². The average Bonchev–Trinajstić information content (AvgIpc) is 2.14. The fourth-order valence-corrected chi connectivity index (χ4v) is 0.967. The summed E-state index contributed by atoms with van der Waals surface area (Å²) in [5.41, 5.74) is 0.599. The van der Waals surface area contributed by atoms with Gasteiger partial charge in [0.1, 0.15) is 5.75 Å². The molecule has 0 aliphatic rings. The van der Waals surface area contributed by atoms with Gasteiger partial charge in [-0.25, -0.2) is 0 Å². The summed E-state index contributed by atoms with van der Waals surface area (Å²) in [6.07, 6.45) is 0.265. The molecule has 0 atom stereocenters. The molecular formula is C10H12O4. The molecule has 0 aliphatic heterocycles. The number of aryl methyl sites for hydroxylation is 1. The molecule has 1 aromatic carbocycles. The van der Waals surface area contributed by atoms with Crippen molar-refractivity contribution in [1.29, 1.82) is 0 Å². The molecule has 0 saturated heterocycles. The van der Waals surface area contributed by atoms with Crippen LogP contribution < -0.4 is 4.74 Å². The van der Waals surface area contributed by atoms with Crippen LogP contribution in [0.1, 0.15) is 18.9 Å². The van der Waals surface area contributed by atoms with Crippen molar-refractivity contribution in [3.63, 3.8) is 0 Å². The molecule has 4 heteroatoms. The molecule has 4 nitrogen and oxygen atoms in total. The summed E-state index contributed by atoms with van der Waals surface area (Å²) in [4.78, 5) is 11.0. The van der Waals surface area contributed by atoms with E-state index in [2.05, 4.69) is 0 Å². The third-order valence-corrected chi connectivity index (χ3v) is 1.78. The Morgan fingerprint density at radius 3 is 2.50 bits per heavy atom. The van der Waals surface area contributed by atoms with Gasteiger partial charge < -0.3 is 14.9 Å². The number of esters is 1. The molecule has 0 aliphatic carbocycles. The second-order valence-electron chi connectivity index (χ2n) is 2.93. The van der Waals surface area contributed by atoms with E-state index in [1.54, 1.807) is 13.8 Å². The van der Waals surface area contributed by atoms with Gasteiger partial charge in [0.05, 0.1) is 0 Å². The molecule has 1 rings (SSSR count). The Kier molecular flexibility index (Phi) is 2.96. The van der Waals surface area contributed by atoms with E-state index < -0.39 is 0 Å². The number of phenolic OH excluding ortho intramolecular Hbond substituents is 2. The van der Waals surface area contributed by atoms with Gasteiger partial charge in [-0.3, -0.25) is 4.79 Å². The quantitative estimate of drug-likeness (QED) is 0.429. The van der Waals surface area contributed by atoms with Crippen molar-refractivity contribution in [2.24, 2.45) is 0 Å². The maximum Gasteiger partial charge on any atom is 0.310 e.